The summed E-state index contributed by atoms with van der Waals surface area (Å²) >= 11 is 5.57. The van der Waals surface area contributed by atoms with Crippen molar-refractivity contribution in [3.05, 3.63) is 42.7 Å². The Labute approximate surface area is 111 Å². The number of anilines is 1. The third-order valence-electron chi connectivity index (χ3n) is 2.47. The molecule has 1 aromatic carbocycles. The molecule has 0 spiro atoms. The van der Waals surface area contributed by atoms with Crippen molar-refractivity contribution in [1.29, 1.82) is 0 Å². The minimum Gasteiger partial charge on any atom is -0.324 e. The minimum atomic E-state index is -0.0322. The van der Waals surface area contributed by atoms with E-state index in [4.69, 9.17) is 11.6 Å². The molecule has 4 nitrogen and oxygen atoms in total. The number of aromatic nitrogens is 2. The van der Waals surface area contributed by atoms with Crippen molar-refractivity contribution in [3.63, 3.8) is 0 Å². The fourth-order valence-electron chi connectivity index (χ4n) is 1.63. The number of nitrogens with zero attached hydrogens (tertiary/aromatic N) is 2. The van der Waals surface area contributed by atoms with Crippen molar-refractivity contribution >= 4 is 23.2 Å². The van der Waals surface area contributed by atoms with Crippen LogP contribution in [-0.2, 0) is 4.79 Å². The van der Waals surface area contributed by atoms with Gasteiger partial charge in [-0.25, -0.2) is 4.68 Å². The second-order valence-electron chi connectivity index (χ2n) is 3.81. The van der Waals surface area contributed by atoms with Gasteiger partial charge in [0, 0.05) is 24.7 Å². The molecule has 0 bridgehead atoms. The molecule has 0 aliphatic rings. The van der Waals surface area contributed by atoms with Gasteiger partial charge < -0.3 is 5.32 Å². The van der Waals surface area contributed by atoms with Crippen LogP contribution in [0.1, 0.15) is 12.8 Å². The summed E-state index contributed by atoms with van der Waals surface area (Å²) in [4.78, 5) is 11.7. The van der Waals surface area contributed by atoms with E-state index < -0.39 is 0 Å². The molecule has 0 aliphatic heterocycles. The molecule has 1 amide bonds. The van der Waals surface area contributed by atoms with Gasteiger partial charge >= 0.3 is 0 Å². The second kappa shape index (κ2) is 6.21. The van der Waals surface area contributed by atoms with Crippen molar-refractivity contribution in [2.75, 3.05) is 11.2 Å². The van der Waals surface area contributed by atoms with Crippen LogP contribution < -0.4 is 5.32 Å². The van der Waals surface area contributed by atoms with Crippen molar-refractivity contribution in [2.24, 2.45) is 0 Å². The summed E-state index contributed by atoms with van der Waals surface area (Å²) < 4.78 is 1.72. The number of carbonyl (C=O) groups excluding carboxylic acids is 1. The average Bonchev–Trinajstić information content (AvgIpc) is 2.91. The first kappa shape index (κ1) is 12.6. The maximum Gasteiger partial charge on any atom is 0.224 e. The van der Waals surface area contributed by atoms with E-state index in [9.17, 15) is 4.79 Å². The van der Waals surface area contributed by atoms with Crippen LogP contribution in [0.3, 0.4) is 0 Å². The predicted octanol–water partition coefficient (Wildman–Crippen LogP) is 2.83. The summed E-state index contributed by atoms with van der Waals surface area (Å²) in [6.07, 6.45) is 4.64. The molecule has 5 heteroatoms. The molecule has 1 heterocycles. The number of hydrogen-bond donors (Lipinski definition) is 1. The molecule has 0 aliphatic carbocycles. The highest BCUT2D eigenvalue weighted by Crippen LogP contribution is 2.19. The van der Waals surface area contributed by atoms with E-state index in [1.807, 2.05) is 36.5 Å². The van der Waals surface area contributed by atoms with Crippen molar-refractivity contribution in [1.82, 2.24) is 9.78 Å². The second-order valence-corrected chi connectivity index (χ2v) is 4.19. The molecule has 0 unspecified atom stereocenters. The third-order valence-corrected chi connectivity index (χ3v) is 2.73. The number of carbonyl (C=O) groups is 1. The molecular formula is C13H14ClN3O. The molecule has 0 saturated heterocycles. The molecule has 94 valence electrons. The average molecular weight is 264 g/mol. The number of rotatable bonds is 5. The summed E-state index contributed by atoms with van der Waals surface area (Å²) in [5, 5.41) is 7.04. The Kier molecular flexibility index (Phi) is 4.36. The van der Waals surface area contributed by atoms with E-state index in [0.29, 0.717) is 18.7 Å². The molecule has 0 atom stereocenters. The third kappa shape index (κ3) is 3.11. The van der Waals surface area contributed by atoms with Gasteiger partial charge in [0.15, 0.2) is 0 Å². The largest absolute Gasteiger partial charge is 0.324 e. The molecule has 0 saturated carbocycles. The summed E-state index contributed by atoms with van der Waals surface area (Å²) in [6, 6.07) is 9.39. The lowest BCUT2D eigenvalue weighted by atomic mass is 10.2. The molecule has 1 N–H and O–H groups in total. The summed E-state index contributed by atoms with van der Waals surface area (Å²) in [5.74, 6) is 0.462. The van der Waals surface area contributed by atoms with Gasteiger partial charge in [-0.05, 0) is 24.6 Å². The first-order valence-electron chi connectivity index (χ1n) is 5.76. The first-order valence-corrected chi connectivity index (χ1v) is 6.29. The van der Waals surface area contributed by atoms with E-state index >= 15 is 0 Å². The van der Waals surface area contributed by atoms with Crippen LogP contribution in [0.15, 0.2) is 42.7 Å². The quantitative estimate of drug-likeness (QED) is 0.843. The SMILES string of the molecule is O=C(CCCCl)Nc1ccccc1-n1cccn1. The molecule has 18 heavy (non-hydrogen) atoms. The highest BCUT2D eigenvalue weighted by Gasteiger charge is 2.07. The Hall–Kier alpha value is -1.81. The Balaban J connectivity index is 2.16. The molecule has 0 radical (unpaired) electrons. The zero-order valence-electron chi connectivity index (χ0n) is 9.84. The summed E-state index contributed by atoms with van der Waals surface area (Å²) in [7, 11) is 0. The Morgan fingerprint density at radius 1 is 1.33 bits per heavy atom. The topological polar surface area (TPSA) is 46.9 Å². The van der Waals surface area contributed by atoms with Gasteiger partial charge in [-0.15, -0.1) is 11.6 Å². The van der Waals surface area contributed by atoms with Gasteiger partial charge in [0.1, 0.15) is 0 Å². The van der Waals surface area contributed by atoms with Crippen molar-refractivity contribution < 1.29 is 4.79 Å². The van der Waals surface area contributed by atoms with E-state index in [2.05, 4.69) is 10.4 Å². The van der Waals surface area contributed by atoms with E-state index in [0.717, 1.165) is 11.4 Å². The number of alkyl halides is 1. The van der Waals surface area contributed by atoms with Crippen molar-refractivity contribution in [2.45, 2.75) is 12.8 Å². The van der Waals surface area contributed by atoms with Crippen LogP contribution in [0.2, 0.25) is 0 Å². The number of para-hydroxylation sites is 2. The number of benzene rings is 1. The number of amides is 1. The minimum absolute atomic E-state index is 0.0322. The monoisotopic (exact) mass is 263 g/mol. The van der Waals surface area contributed by atoms with E-state index in [-0.39, 0.29) is 5.91 Å². The number of nitrogens with one attached hydrogen (secondary N) is 1. The van der Waals surface area contributed by atoms with Gasteiger partial charge in [0.05, 0.1) is 11.4 Å². The van der Waals surface area contributed by atoms with Crippen LogP contribution in [0.25, 0.3) is 5.69 Å². The normalized spacial score (nSPS) is 10.3. The Morgan fingerprint density at radius 3 is 2.89 bits per heavy atom. The molecule has 0 fully saturated rings. The fraction of sp³-hybridized carbons (Fsp3) is 0.231. The molecular weight excluding hydrogens is 250 g/mol. The summed E-state index contributed by atoms with van der Waals surface area (Å²) in [5.41, 5.74) is 1.60. The van der Waals surface area contributed by atoms with E-state index in [1.54, 1.807) is 10.9 Å². The lowest BCUT2D eigenvalue weighted by Gasteiger charge is -2.10. The maximum absolute atomic E-state index is 11.7. The predicted molar refractivity (Wildman–Crippen MR) is 72.1 cm³/mol. The first-order chi connectivity index (χ1) is 8.81. The molecule has 2 rings (SSSR count). The fourth-order valence-corrected chi connectivity index (χ4v) is 1.76. The Morgan fingerprint density at radius 2 is 2.17 bits per heavy atom. The van der Waals surface area contributed by atoms with Crippen LogP contribution in [0.4, 0.5) is 5.69 Å². The van der Waals surface area contributed by atoms with Gasteiger partial charge in [-0.2, -0.15) is 5.10 Å². The number of hydrogen-bond acceptors (Lipinski definition) is 2. The van der Waals surface area contributed by atoms with Gasteiger partial charge in [-0.3, -0.25) is 4.79 Å². The zero-order chi connectivity index (χ0) is 12.8. The van der Waals surface area contributed by atoms with E-state index in [1.165, 1.54) is 0 Å². The lowest BCUT2D eigenvalue weighted by molar-refractivity contribution is -0.116. The standard InChI is InChI=1S/C13H14ClN3O/c14-8-3-7-13(18)16-11-5-1-2-6-12(11)17-10-4-9-15-17/h1-2,4-6,9-10H,3,7-8H2,(H,16,18). The Bertz CT molecular complexity index is 511. The lowest BCUT2D eigenvalue weighted by Crippen LogP contribution is -2.13. The highest BCUT2D eigenvalue weighted by atomic mass is 35.5. The van der Waals surface area contributed by atoms with Crippen LogP contribution in [0.5, 0.6) is 0 Å². The van der Waals surface area contributed by atoms with Gasteiger partial charge in [0.2, 0.25) is 5.91 Å². The van der Waals surface area contributed by atoms with Crippen LogP contribution in [-0.4, -0.2) is 21.6 Å². The highest BCUT2D eigenvalue weighted by molar-refractivity contribution is 6.18. The van der Waals surface area contributed by atoms with Gasteiger partial charge in [0.25, 0.3) is 0 Å². The number of halogens is 1. The zero-order valence-corrected chi connectivity index (χ0v) is 10.6. The smallest absolute Gasteiger partial charge is 0.224 e. The molecule has 1 aromatic heterocycles. The van der Waals surface area contributed by atoms with Crippen LogP contribution in [0, 0.1) is 0 Å². The van der Waals surface area contributed by atoms with Crippen LogP contribution >= 0.6 is 11.6 Å². The van der Waals surface area contributed by atoms with Gasteiger partial charge in [-0.1, -0.05) is 12.1 Å². The summed E-state index contributed by atoms with van der Waals surface area (Å²) in [6.45, 7) is 0. The maximum atomic E-state index is 11.7. The van der Waals surface area contributed by atoms with Crippen molar-refractivity contribution in [3.8, 4) is 5.69 Å². The molecule has 2 aromatic rings.